The number of carbonyl (C=O) groups is 1. The molecular weight excluding hydrogens is 290 g/mol. The van der Waals surface area contributed by atoms with Crippen LogP contribution in [0, 0.1) is 0 Å². The third-order valence-electron chi connectivity index (χ3n) is 4.92. The van der Waals surface area contributed by atoms with Crippen molar-refractivity contribution >= 4 is 5.91 Å². The number of nitrogens with one attached hydrogen (secondary N) is 3. The van der Waals surface area contributed by atoms with E-state index in [4.69, 9.17) is 4.74 Å². The van der Waals surface area contributed by atoms with Crippen LogP contribution in [0.1, 0.15) is 18.4 Å². The lowest BCUT2D eigenvalue weighted by Gasteiger charge is -2.29. The molecule has 3 rings (SSSR count). The van der Waals surface area contributed by atoms with E-state index < -0.39 is 0 Å². The molecule has 5 heteroatoms. The number of piperazine rings is 1. The van der Waals surface area contributed by atoms with Crippen LogP contribution in [0.5, 0.6) is 0 Å². The highest BCUT2D eigenvalue weighted by Crippen LogP contribution is 2.10. The van der Waals surface area contributed by atoms with Crippen molar-refractivity contribution in [3.8, 4) is 0 Å². The van der Waals surface area contributed by atoms with Crippen LogP contribution in [0.2, 0.25) is 0 Å². The van der Waals surface area contributed by atoms with E-state index in [9.17, 15) is 4.79 Å². The van der Waals surface area contributed by atoms with Crippen molar-refractivity contribution in [1.29, 1.82) is 0 Å². The molecular formula is C18H29N3O2+2. The lowest BCUT2D eigenvalue weighted by atomic mass is 10.2. The third-order valence-corrected chi connectivity index (χ3v) is 4.92. The molecule has 0 aliphatic carbocycles. The first-order valence-corrected chi connectivity index (χ1v) is 8.89. The van der Waals surface area contributed by atoms with Crippen LogP contribution in [-0.4, -0.2) is 57.9 Å². The van der Waals surface area contributed by atoms with Gasteiger partial charge in [0, 0.05) is 18.7 Å². The van der Waals surface area contributed by atoms with Gasteiger partial charge in [0.2, 0.25) is 0 Å². The Kier molecular flexibility index (Phi) is 6.02. The summed E-state index contributed by atoms with van der Waals surface area (Å²) in [5, 5.41) is 3.03. The molecule has 2 saturated heterocycles. The van der Waals surface area contributed by atoms with Gasteiger partial charge >= 0.3 is 0 Å². The number of ether oxygens (including phenoxy) is 1. The zero-order chi connectivity index (χ0) is 15.9. The van der Waals surface area contributed by atoms with Gasteiger partial charge in [-0.2, -0.15) is 0 Å². The molecule has 23 heavy (non-hydrogen) atoms. The van der Waals surface area contributed by atoms with Gasteiger partial charge in [-0.15, -0.1) is 0 Å². The summed E-state index contributed by atoms with van der Waals surface area (Å²) in [5.41, 5.74) is 1.40. The van der Waals surface area contributed by atoms with Gasteiger partial charge < -0.3 is 19.9 Å². The largest absolute Gasteiger partial charge is 0.376 e. The summed E-state index contributed by atoms with van der Waals surface area (Å²) in [6, 6.07) is 10.7. The Labute approximate surface area is 138 Å². The standard InChI is InChI=1S/C18H27N3O2/c22-18(19-13-17-7-4-12-23-17)15-21-10-8-20(9-11-21)14-16-5-2-1-3-6-16/h1-3,5-6,17H,4,7-15H2,(H,19,22)/p+2/t17-/m1/s1. The van der Waals surface area contributed by atoms with Gasteiger partial charge in [-0.1, -0.05) is 30.3 Å². The van der Waals surface area contributed by atoms with Crippen molar-refractivity contribution in [3.63, 3.8) is 0 Å². The summed E-state index contributed by atoms with van der Waals surface area (Å²) in [6.45, 7) is 7.66. The van der Waals surface area contributed by atoms with Crippen molar-refractivity contribution in [2.75, 3.05) is 45.9 Å². The molecule has 126 valence electrons. The first kappa shape index (κ1) is 16.4. The van der Waals surface area contributed by atoms with Gasteiger partial charge in [0.25, 0.3) is 5.91 Å². The summed E-state index contributed by atoms with van der Waals surface area (Å²) >= 11 is 0. The van der Waals surface area contributed by atoms with Crippen LogP contribution in [0.25, 0.3) is 0 Å². The summed E-state index contributed by atoms with van der Waals surface area (Å²) in [6.07, 6.45) is 2.44. The van der Waals surface area contributed by atoms with Crippen LogP contribution in [0.3, 0.4) is 0 Å². The second-order valence-electron chi connectivity index (χ2n) is 6.78. The van der Waals surface area contributed by atoms with Crippen LogP contribution in [0.15, 0.2) is 30.3 Å². The predicted octanol–water partition coefficient (Wildman–Crippen LogP) is -1.73. The number of quaternary nitrogens is 2. The minimum Gasteiger partial charge on any atom is -0.376 e. The van der Waals surface area contributed by atoms with Crippen molar-refractivity contribution in [1.82, 2.24) is 5.32 Å². The van der Waals surface area contributed by atoms with Crippen LogP contribution in [-0.2, 0) is 16.1 Å². The van der Waals surface area contributed by atoms with Crippen molar-refractivity contribution < 1.29 is 19.3 Å². The third kappa shape index (κ3) is 5.30. The monoisotopic (exact) mass is 319 g/mol. The minimum absolute atomic E-state index is 0.169. The van der Waals surface area contributed by atoms with Crippen molar-refractivity contribution in [3.05, 3.63) is 35.9 Å². The molecule has 1 aromatic carbocycles. The fraction of sp³-hybridized carbons (Fsp3) is 0.611. The molecule has 0 saturated carbocycles. The number of amides is 1. The molecule has 0 aromatic heterocycles. The van der Waals surface area contributed by atoms with Crippen molar-refractivity contribution in [2.45, 2.75) is 25.5 Å². The molecule has 2 heterocycles. The molecule has 0 radical (unpaired) electrons. The second kappa shape index (κ2) is 8.43. The summed E-state index contributed by atoms with van der Waals surface area (Å²) in [7, 11) is 0. The number of carbonyl (C=O) groups excluding carboxylic acids is 1. The Morgan fingerprint density at radius 2 is 1.87 bits per heavy atom. The molecule has 2 aliphatic heterocycles. The molecule has 1 amide bonds. The van der Waals surface area contributed by atoms with Gasteiger partial charge in [0.05, 0.1) is 6.10 Å². The van der Waals surface area contributed by atoms with E-state index in [1.807, 2.05) is 0 Å². The zero-order valence-electron chi connectivity index (χ0n) is 13.9. The van der Waals surface area contributed by atoms with Gasteiger partial charge in [-0.25, -0.2) is 0 Å². The van der Waals surface area contributed by atoms with Gasteiger partial charge in [-0.3, -0.25) is 4.79 Å². The molecule has 1 atom stereocenters. The first-order chi connectivity index (χ1) is 11.3. The molecule has 5 nitrogen and oxygen atoms in total. The summed E-state index contributed by atoms with van der Waals surface area (Å²) in [4.78, 5) is 15.1. The molecule has 1 aromatic rings. The highest BCUT2D eigenvalue weighted by molar-refractivity contribution is 5.76. The second-order valence-corrected chi connectivity index (χ2v) is 6.78. The van der Waals surface area contributed by atoms with Gasteiger partial charge in [0.1, 0.15) is 32.7 Å². The topological polar surface area (TPSA) is 47.2 Å². The maximum atomic E-state index is 12.0. The predicted molar refractivity (Wildman–Crippen MR) is 88.4 cm³/mol. The fourth-order valence-electron chi connectivity index (χ4n) is 3.52. The highest BCUT2D eigenvalue weighted by atomic mass is 16.5. The van der Waals surface area contributed by atoms with E-state index in [-0.39, 0.29) is 12.0 Å². The lowest BCUT2D eigenvalue weighted by molar-refractivity contribution is -1.02. The quantitative estimate of drug-likeness (QED) is 0.583. The smallest absolute Gasteiger partial charge is 0.275 e. The molecule has 0 unspecified atom stereocenters. The normalized spacial score (nSPS) is 27.7. The first-order valence-electron chi connectivity index (χ1n) is 8.89. The van der Waals surface area contributed by atoms with E-state index in [1.54, 1.807) is 4.90 Å². The average molecular weight is 319 g/mol. The number of hydrogen-bond acceptors (Lipinski definition) is 2. The van der Waals surface area contributed by atoms with E-state index in [2.05, 4.69) is 35.6 Å². The van der Waals surface area contributed by atoms with Crippen LogP contribution in [0.4, 0.5) is 0 Å². The Balaban J connectivity index is 1.33. The SMILES string of the molecule is O=C(C[NH+]1CC[NH+](Cc2ccccc2)CC1)NC[C@H]1CCCO1. The Bertz CT molecular complexity index is 480. The molecule has 0 bridgehead atoms. The summed E-state index contributed by atoms with van der Waals surface area (Å²) < 4.78 is 5.54. The Morgan fingerprint density at radius 3 is 2.57 bits per heavy atom. The molecule has 2 aliphatic rings. The van der Waals surface area contributed by atoms with Crippen LogP contribution < -0.4 is 15.1 Å². The van der Waals surface area contributed by atoms with E-state index in [1.165, 1.54) is 10.5 Å². The maximum absolute atomic E-state index is 12.0. The lowest BCUT2D eigenvalue weighted by Crippen LogP contribution is -3.28. The Hall–Kier alpha value is -1.43. The fourth-order valence-corrected chi connectivity index (χ4v) is 3.52. The minimum atomic E-state index is 0.169. The molecule has 3 N–H and O–H groups in total. The van der Waals surface area contributed by atoms with E-state index in [0.717, 1.165) is 52.2 Å². The molecule has 2 fully saturated rings. The van der Waals surface area contributed by atoms with E-state index in [0.29, 0.717) is 13.1 Å². The number of rotatable bonds is 6. The number of hydrogen-bond donors (Lipinski definition) is 3. The maximum Gasteiger partial charge on any atom is 0.275 e. The van der Waals surface area contributed by atoms with Gasteiger partial charge in [-0.05, 0) is 12.8 Å². The zero-order valence-corrected chi connectivity index (χ0v) is 13.9. The molecule has 0 spiro atoms. The van der Waals surface area contributed by atoms with Crippen molar-refractivity contribution in [2.24, 2.45) is 0 Å². The van der Waals surface area contributed by atoms with Gasteiger partial charge in [0.15, 0.2) is 6.54 Å². The Morgan fingerprint density at radius 1 is 1.13 bits per heavy atom. The van der Waals surface area contributed by atoms with E-state index >= 15 is 0 Å². The summed E-state index contributed by atoms with van der Waals surface area (Å²) in [5.74, 6) is 0.169. The average Bonchev–Trinajstić information content (AvgIpc) is 3.09. The van der Waals surface area contributed by atoms with Crippen LogP contribution >= 0.6 is 0 Å². The highest BCUT2D eigenvalue weighted by Gasteiger charge is 2.25. The number of benzene rings is 1.